The first-order valence-corrected chi connectivity index (χ1v) is 8.48. The van der Waals surface area contributed by atoms with E-state index in [0.717, 1.165) is 36.0 Å². The van der Waals surface area contributed by atoms with E-state index in [9.17, 15) is 0 Å². The molecule has 2 unspecified atom stereocenters. The normalized spacial score (nSPS) is 25.2. The first-order chi connectivity index (χ1) is 10.1. The standard InChI is InChI=1S/C16H19ClN2OS/c1-3-11-8-16(2,20-9-11)14-10-21-15(19-14)18-13-7-5-4-6-12(13)17/h4-7,10-11H,3,8-9H2,1-2H3,(H,18,19). The van der Waals surface area contributed by atoms with Crippen molar-refractivity contribution >= 4 is 33.8 Å². The van der Waals surface area contributed by atoms with Gasteiger partial charge in [-0.05, 0) is 31.4 Å². The average molecular weight is 323 g/mol. The molecule has 2 heterocycles. The molecule has 1 aromatic carbocycles. The molecular weight excluding hydrogens is 304 g/mol. The molecule has 1 aromatic heterocycles. The SMILES string of the molecule is CCC1COC(C)(c2csc(Nc3ccccc3Cl)n2)C1. The molecular formula is C16H19ClN2OS. The fourth-order valence-corrected chi connectivity index (χ4v) is 3.69. The number of nitrogens with one attached hydrogen (secondary N) is 1. The number of aromatic nitrogens is 1. The van der Waals surface area contributed by atoms with Gasteiger partial charge < -0.3 is 10.1 Å². The van der Waals surface area contributed by atoms with Gasteiger partial charge in [-0.3, -0.25) is 0 Å². The second-order valence-electron chi connectivity index (χ2n) is 5.66. The minimum Gasteiger partial charge on any atom is -0.369 e. The van der Waals surface area contributed by atoms with Crippen LogP contribution in [0.5, 0.6) is 0 Å². The number of benzene rings is 1. The highest BCUT2D eigenvalue weighted by molar-refractivity contribution is 7.13. The molecule has 3 rings (SSSR count). The van der Waals surface area contributed by atoms with Crippen LogP contribution >= 0.6 is 22.9 Å². The van der Waals surface area contributed by atoms with Crippen molar-refractivity contribution in [3.05, 3.63) is 40.4 Å². The number of halogens is 1. The molecule has 0 spiro atoms. The Morgan fingerprint density at radius 3 is 3.00 bits per heavy atom. The summed E-state index contributed by atoms with van der Waals surface area (Å²) in [6, 6.07) is 7.69. The Morgan fingerprint density at radius 2 is 2.29 bits per heavy atom. The van der Waals surface area contributed by atoms with E-state index in [4.69, 9.17) is 21.3 Å². The van der Waals surface area contributed by atoms with Crippen LogP contribution in [0.3, 0.4) is 0 Å². The Hall–Kier alpha value is -1.10. The highest BCUT2D eigenvalue weighted by atomic mass is 35.5. The van der Waals surface area contributed by atoms with E-state index in [1.54, 1.807) is 11.3 Å². The third-order valence-electron chi connectivity index (χ3n) is 4.05. The Morgan fingerprint density at radius 1 is 1.48 bits per heavy atom. The van der Waals surface area contributed by atoms with Gasteiger partial charge in [0, 0.05) is 5.38 Å². The molecule has 1 fully saturated rings. The van der Waals surface area contributed by atoms with Crippen LogP contribution in [0.1, 0.15) is 32.4 Å². The van der Waals surface area contributed by atoms with Crippen molar-refractivity contribution in [1.29, 1.82) is 0 Å². The molecule has 0 amide bonds. The zero-order valence-corrected chi connectivity index (χ0v) is 13.8. The number of para-hydroxylation sites is 1. The van der Waals surface area contributed by atoms with Crippen LogP contribution in [0.25, 0.3) is 0 Å². The molecule has 1 N–H and O–H groups in total. The number of ether oxygens (including phenoxy) is 1. The van der Waals surface area contributed by atoms with E-state index in [-0.39, 0.29) is 5.60 Å². The van der Waals surface area contributed by atoms with Gasteiger partial charge in [0.25, 0.3) is 0 Å². The summed E-state index contributed by atoms with van der Waals surface area (Å²) in [4.78, 5) is 4.69. The predicted octanol–water partition coefficient (Wildman–Crippen LogP) is 5.20. The van der Waals surface area contributed by atoms with Crippen LogP contribution in [0.2, 0.25) is 5.02 Å². The minimum absolute atomic E-state index is 0.252. The maximum atomic E-state index is 6.16. The lowest BCUT2D eigenvalue weighted by Crippen LogP contribution is -2.20. The number of thiazole rings is 1. The van der Waals surface area contributed by atoms with Gasteiger partial charge in [-0.25, -0.2) is 4.98 Å². The number of rotatable bonds is 4. The van der Waals surface area contributed by atoms with Gasteiger partial charge in [0.2, 0.25) is 0 Å². The zero-order valence-electron chi connectivity index (χ0n) is 12.2. The summed E-state index contributed by atoms with van der Waals surface area (Å²) in [5.41, 5.74) is 1.64. The first-order valence-electron chi connectivity index (χ1n) is 7.22. The summed E-state index contributed by atoms with van der Waals surface area (Å²) in [6.45, 7) is 5.18. The summed E-state index contributed by atoms with van der Waals surface area (Å²) in [7, 11) is 0. The van der Waals surface area contributed by atoms with Crippen molar-refractivity contribution in [2.45, 2.75) is 32.3 Å². The van der Waals surface area contributed by atoms with E-state index >= 15 is 0 Å². The van der Waals surface area contributed by atoms with Crippen LogP contribution in [0.4, 0.5) is 10.8 Å². The highest BCUT2D eigenvalue weighted by Gasteiger charge is 2.38. The third-order valence-corrected chi connectivity index (χ3v) is 5.14. The van der Waals surface area contributed by atoms with Crippen molar-refractivity contribution in [1.82, 2.24) is 4.98 Å². The van der Waals surface area contributed by atoms with Crippen molar-refractivity contribution in [2.75, 3.05) is 11.9 Å². The molecule has 3 nitrogen and oxygen atoms in total. The molecule has 112 valence electrons. The number of hydrogen-bond donors (Lipinski definition) is 1. The molecule has 21 heavy (non-hydrogen) atoms. The molecule has 1 aliphatic rings. The summed E-state index contributed by atoms with van der Waals surface area (Å²) >= 11 is 7.75. The van der Waals surface area contributed by atoms with Crippen molar-refractivity contribution in [3.63, 3.8) is 0 Å². The number of anilines is 2. The van der Waals surface area contributed by atoms with Crippen LogP contribution in [-0.4, -0.2) is 11.6 Å². The second-order valence-corrected chi connectivity index (χ2v) is 6.93. The van der Waals surface area contributed by atoms with Gasteiger partial charge in [-0.15, -0.1) is 11.3 Å². The van der Waals surface area contributed by atoms with Crippen LogP contribution in [0.15, 0.2) is 29.6 Å². The quantitative estimate of drug-likeness (QED) is 0.839. The van der Waals surface area contributed by atoms with E-state index < -0.39 is 0 Å². The monoisotopic (exact) mass is 322 g/mol. The molecule has 0 aliphatic carbocycles. The highest BCUT2D eigenvalue weighted by Crippen LogP contribution is 2.41. The lowest BCUT2D eigenvalue weighted by atomic mass is 9.92. The lowest BCUT2D eigenvalue weighted by molar-refractivity contribution is 0.0126. The van der Waals surface area contributed by atoms with Crippen molar-refractivity contribution < 1.29 is 4.74 Å². The van der Waals surface area contributed by atoms with Gasteiger partial charge >= 0.3 is 0 Å². The van der Waals surface area contributed by atoms with E-state index in [1.165, 1.54) is 0 Å². The molecule has 2 aromatic rings. The third kappa shape index (κ3) is 3.07. The number of hydrogen-bond acceptors (Lipinski definition) is 4. The summed E-state index contributed by atoms with van der Waals surface area (Å²) in [5, 5.41) is 6.91. The lowest BCUT2D eigenvalue weighted by Gasteiger charge is -2.20. The largest absolute Gasteiger partial charge is 0.369 e. The Balaban J connectivity index is 1.77. The molecule has 0 radical (unpaired) electrons. The van der Waals surface area contributed by atoms with Crippen LogP contribution in [-0.2, 0) is 10.3 Å². The fourth-order valence-electron chi connectivity index (χ4n) is 2.66. The van der Waals surface area contributed by atoms with E-state index in [2.05, 4.69) is 24.5 Å². The molecule has 0 bridgehead atoms. The van der Waals surface area contributed by atoms with Crippen molar-refractivity contribution in [2.24, 2.45) is 5.92 Å². The van der Waals surface area contributed by atoms with Gasteiger partial charge in [0.1, 0.15) is 5.60 Å². The van der Waals surface area contributed by atoms with Crippen LogP contribution in [0, 0.1) is 5.92 Å². The Kier molecular flexibility index (Phi) is 4.20. The van der Waals surface area contributed by atoms with E-state index in [0.29, 0.717) is 10.9 Å². The van der Waals surface area contributed by atoms with E-state index in [1.807, 2.05) is 24.3 Å². The first kappa shape index (κ1) is 14.8. The summed E-state index contributed by atoms with van der Waals surface area (Å²) in [6.07, 6.45) is 2.20. The molecule has 2 atom stereocenters. The Labute approximate surface area is 134 Å². The van der Waals surface area contributed by atoms with Crippen LogP contribution < -0.4 is 5.32 Å². The second kappa shape index (κ2) is 5.95. The molecule has 5 heteroatoms. The maximum Gasteiger partial charge on any atom is 0.187 e. The molecule has 1 aliphatic heterocycles. The molecule has 1 saturated heterocycles. The summed E-state index contributed by atoms with van der Waals surface area (Å²) < 4.78 is 6.01. The minimum atomic E-state index is -0.252. The van der Waals surface area contributed by atoms with Gasteiger partial charge in [0.05, 0.1) is 23.0 Å². The fraction of sp³-hybridized carbons (Fsp3) is 0.438. The average Bonchev–Trinajstić information content (AvgIpc) is 3.09. The zero-order chi connectivity index (χ0) is 14.9. The predicted molar refractivity (Wildman–Crippen MR) is 88.6 cm³/mol. The van der Waals surface area contributed by atoms with Gasteiger partial charge in [-0.2, -0.15) is 0 Å². The van der Waals surface area contributed by atoms with Gasteiger partial charge in [-0.1, -0.05) is 37.1 Å². The van der Waals surface area contributed by atoms with Crippen molar-refractivity contribution in [3.8, 4) is 0 Å². The number of nitrogens with zero attached hydrogens (tertiary/aromatic N) is 1. The molecule has 0 saturated carbocycles. The summed E-state index contributed by atoms with van der Waals surface area (Å²) in [5.74, 6) is 0.636. The smallest absolute Gasteiger partial charge is 0.187 e. The Bertz CT molecular complexity index is 630. The topological polar surface area (TPSA) is 34.1 Å². The maximum absolute atomic E-state index is 6.16. The van der Waals surface area contributed by atoms with Gasteiger partial charge in [0.15, 0.2) is 5.13 Å².